The third-order valence-corrected chi connectivity index (χ3v) is 3.67. The van der Waals surface area contributed by atoms with Crippen LogP contribution in [0.5, 0.6) is 0 Å². The number of para-hydroxylation sites is 1. The van der Waals surface area contributed by atoms with E-state index in [2.05, 4.69) is 9.84 Å². The number of hydrogen-bond donors (Lipinski definition) is 0. The Morgan fingerprint density at radius 3 is 2.00 bits per heavy atom. The average Bonchev–Trinajstić information content (AvgIpc) is 2.78. The molecule has 2 rings (SSSR count). The number of Topliss-reactive ketones (excluding diaryl/α,β-unsaturated/α-hetero) is 1. The smallest absolute Gasteiger partial charge is 0.357 e. The van der Waals surface area contributed by atoms with E-state index in [-0.39, 0.29) is 17.5 Å². The molecule has 2 aromatic rings. The number of rotatable bonds is 8. The number of carbonyl (C=O) groups is 4. The fourth-order valence-corrected chi connectivity index (χ4v) is 2.27. The Kier molecular flexibility index (Phi) is 7.55. The van der Waals surface area contributed by atoms with Gasteiger partial charge in [0.05, 0.1) is 26.0 Å². The van der Waals surface area contributed by atoms with Crippen molar-refractivity contribution in [2.45, 2.75) is 0 Å². The van der Waals surface area contributed by atoms with Gasteiger partial charge in [-0.25, -0.2) is 14.6 Å². The molecule has 8 nitrogen and oxygen atoms in total. The van der Waals surface area contributed by atoms with Crippen molar-refractivity contribution >= 4 is 35.4 Å². The topological polar surface area (TPSA) is 102 Å². The maximum absolute atomic E-state index is 12.7. The summed E-state index contributed by atoms with van der Waals surface area (Å²) in [6.45, 7) is 0. The fraction of sp³-hybridized carbons (Fsp3) is 0.0952. The van der Waals surface area contributed by atoms with E-state index in [9.17, 15) is 19.2 Å². The molecule has 29 heavy (non-hydrogen) atoms. The van der Waals surface area contributed by atoms with Gasteiger partial charge in [0.2, 0.25) is 5.78 Å². The molecule has 0 aliphatic heterocycles. The van der Waals surface area contributed by atoms with Crippen molar-refractivity contribution in [2.24, 2.45) is 5.10 Å². The number of benzene rings is 2. The molecule has 0 saturated heterocycles. The Labute approximate surface area is 167 Å². The quantitative estimate of drug-likeness (QED) is 0.129. The second kappa shape index (κ2) is 10.3. The molecular weight excluding hydrogens is 376 g/mol. The molecule has 0 fully saturated rings. The minimum absolute atomic E-state index is 0.239. The minimum atomic E-state index is -0.916. The lowest BCUT2D eigenvalue weighted by molar-refractivity contribution is -0.138. The summed E-state index contributed by atoms with van der Waals surface area (Å²) in [7, 11) is 2.26. The number of ether oxygens (including phenoxy) is 2. The zero-order chi connectivity index (χ0) is 21.2. The molecule has 0 unspecified atom stereocenters. The number of methoxy groups -OCH3 is 2. The highest BCUT2D eigenvalue weighted by atomic mass is 16.5. The van der Waals surface area contributed by atoms with E-state index >= 15 is 0 Å². The summed E-state index contributed by atoms with van der Waals surface area (Å²) in [5.74, 6) is -2.41. The molecule has 148 valence electrons. The van der Waals surface area contributed by atoms with Crippen LogP contribution in [0.2, 0.25) is 0 Å². The lowest BCUT2D eigenvalue weighted by Crippen LogP contribution is -2.28. The van der Waals surface area contributed by atoms with Gasteiger partial charge in [-0.05, 0) is 12.1 Å². The van der Waals surface area contributed by atoms with Crippen molar-refractivity contribution in [1.29, 1.82) is 0 Å². The fourth-order valence-electron chi connectivity index (χ4n) is 2.27. The first-order chi connectivity index (χ1) is 14.0. The molecule has 0 bridgehead atoms. The van der Waals surface area contributed by atoms with Crippen LogP contribution in [0.4, 0.5) is 5.69 Å². The van der Waals surface area contributed by atoms with Gasteiger partial charge < -0.3 is 9.47 Å². The molecule has 0 amide bonds. The van der Waals surface area contributed by atoms with Crippen molar-refractivity contribution in [3.63, 3.8) is 0 Å². The van der Waals surface area contributed by atoms with Crippen LogP contribution in [0.3, 0.4) is 0 Å². The van der Waals surface area contributed by atoms with Crippen LogP contribution in [-0.4, -0.2) is 43.9 Å². The first-order valence-corrected chi connectivity index (χ1v) is 8.38. The van der Waals surface area contributed by atoms with E-state index < -0.39 is 23.4 Å². The SMILES string of the molecule is COC(=O)/C=C(/C(=O)OC)N(/N=C(\C=O)C(=O)c1ccccc1)c1ccccc1. The summed E-state index contributed by atoms with van der Waals surface area (Å²) in [5.41, 5.74) is -0.262. The maximum Gasteiger partial charge on any atom is 0.357 e. The highest BCUT2D eigenvalue weighted by Gasteiger charge is 2.24. The van der Waals surface area contributed by atoms with Crippen molar-refractivity contribution in [3.05, 3.63) is 78.0 Å². The van der Waals surface area contributed by atoms with Crippen molar-refractivity contribution in [1.82, 2.24) is 0 Å². The minimum Gasteiger partial charge on any atom is -0.466 e. The maximum atomic E-state index is 12.7. The van der Waals surface area contributed by atoms with Crippen molar-refractivity contribution < 1.29 is 28.7 Å². The van der Waals surface area contributed by atoms with Gasteiger partial charge in [-0.1, -0.05) is 48.5 Å². The van der Waals surface area contributed by atoms with Crippen LogP contribution in [-0.2, 0) is 23.9 Å². The van der Waals surface area contributed by atoms with Crippen LogP contribution >= 0.6 is 0 Å². The zero-order valence-corrected chi connectivity index (χ0v) is 15.8. The van der Waals surface area contributed by atoms with Crippen LogP contribution in [0.25, 0.3) is 0 Å². The van der Waals surface area contributed by atoms with Crippen LogP contribution in [0, 0.1) is 0 Å². The van der Waals surface area contributed by atoms with Gasteiger partial charge in [0, 0.05) is 5.56 Å². The number of ketones is 1. The molecule has 0 N–H and O–H groups in total. The zero-order valence-electron chi connectivity index (χ0n) is 15.8. The van der Waals surface area contributed by atoms with Gasteiger partial charge >= 0.3 is 11.9 Å². The molecule has 0 spiro atoms. The van der Waals surface area contributed by atoms with Crippen LogP contribution < -0.4 is 5.01 Å². The lowest BCUT2D eigenvalue weighted by Gasteiger charge is -2.21. The lowest BCUT2D eigenvalue weighted by atomic mass is 10.1. The van der Waals surface area contributed by atoms with Gasteiger partial charge in [0.15, 0.2) is 17.7 Å². The van der Waals surface area contributed by atoms with Gasteiger partial charge in [-0.3, -0.25) is 9.59 Å². The summed E-state index contributed by atoms with van der Waals surface area (Å²) in [6, 6.07) is 16.2. The average molecular weight is 394 g/mol. The Morgan fingerprint density at radius 2 is 1.48 bits per heavy atom. The summed E-state index contributed by atoms with van der Waals surface area (Å²) < 4.78 is 9.30. The molecule has 8 heteroatoms. The number of esters is 2. The third kappa shape index (κ3) is 5.46. The van der Waals surface area contributed by atoms with E-state index in [1.165, 1.54) is 12.1 Å². The molecule has 0 radical (unpaired) electrons. The predicted octanol–water partition coefficient (Wildman–Crippen LogP) is 2.16. The van der Waals surface area contributed by atoms with E-state index in [1.54, 1.807) is 48.5 Å². The molecule has 0 atom stereocenters. The van der Waals surface area contributed by atoms with Gasteiger partial charge in [0.1, 0.15) is 0 Å². The van der Waals surface area contributed by atoms with Gasteiger partial charge in [0.25, 0.3) is 0 Å². The second-order valence-corrected chi connectivity index (χ2v) is 5.49. The number of carbonyl (C=O) groups excluding carboxylic acids is 4. The normalized spacial score (nSPS) is 11.4. The van der Waals surface area contributed by atoms with E-state index in [0.29, 0.717) is 5.69 Å². The molecule has 0 aliphatic carbocycles. The van der Waals surface area contributed by atoms with Gasteiger partial charge in [-0.2, -0.15) is 5.10 Å². The summed E-state index contributed by atoms with van der Waals surface area (Å²) in [4.78, 5) is 48.4. The molecule has 0 heterocycles. The molecule has 0 saturated carbocycles. The number of nitrogens with zero attached hydrogens (tertiary/aromatic N) is 2. The largest absolute Gasteiger partial charge is 0.466 e. The number of aldehydes is 1. The summed E-state index contributed by atoms with van der Waals surface area (Å²) in [6.07, 6.45) is 1.13. The first kappa shape index (κ1) is 21.2. The Bertz CT molecular complexity index is 952. The van der Waals surface area contributed by atoms with Crippen molar-refractivity contribution in [2.75, 3.05) is 19.2 Å². The van der Waals surface area contributed by atoms with E-state index in [1.807, 2.05) is 0 Å². The summed E-state index contributed by atoms with van der Waals surface area (Å²) in [5, 5.41) is 5.03. The summed E-state index contributed by atoms with van der Waals surface area (Å²) >= 11 is 0. The standard InChI is InChI=1S/C21H18N2O6/c1-28-19(25)13-18(21(27)29-2)23(16-11-7-4-8-12-16)22-17(14-24)20(26)15-9-5-3-6-10-15/h3-14H,1-2H3/b18-13-,22-17+. The third-order valence-electron chi connectivity index (χ3n) is 3.67. The van der Waals surface area contributed by atoms with Crippen LogP contribution in [0.15, 0.2) is 77.5 Å². The Balaban J connectivity index is 2.63. The molecule has 0 aliphatic rings. The monoisotopic (exact) mass is 394 g/mol. The number of hydrogen-bond acceptors (Lipinski definition) is 8. The van der Waals surface area contributed by atoms with Crippen molar-refractivity contribution in [3.8, 4) is 0 Å². The Morgan fingerprint density at radius 1 is 0.897 bits per heavy atom. The Hall–Kier alpha value is -4.07. The highest BCUT2D eigenvalue weighted by molar-refractivity contribution is 6.64. The highest BCUT2D eigenvalue weighted by Crippen LogP contribution is 2.21. The predicted molar refractivity (Wildman–Crippen MR) is 105 cm³/mol. The van der Waals surface area contributed by atoms with Gasteiger partial charge in [-0.15, -0.1) is 0 Å². The number of hydrazone groups is 1. The first-order valence-electron chi connectivity index (χ1n) is 8.38. The van der Waals surface area contributed by atoms with Crippen LogP contribution in [0.1, 0.15) is 10.4 Å². The second-order valence-electron chi connectivity index (χ2n) is 5.49. The van der Waals surface area contributed by atoms with E-state index in [0.717, 1.165) is 25.3 Å². The van der Waals surface area contributed by atoms with E-state index in [4.69, 9.17) is 4.74 Å². The molecule has 2 aromatic carbocycles. The molecular formula is C21H18N2O6. The number of anilines is 1. The molecule has 0 aromatic heterocycles.